The van der Waals surface area contributed by atoms with Crippen molar-refractivity contribution in [3.8, 4) is 0 Å². The number of Topliss-reactive ketones (excluding diaryl/α,β-unsaturated/α-hetero) is 3. The molecule has 14 unspecified atom stereocenters. The number of methoxy groups -OCH3 is 1. The quantitative estimate of drug-likeness (QED) is 0.115. The monoisotopic (exact) mass is 1240 g/mol. The second-order valence-electron chi connectivity index (χ2n) is 26.3. The zero-order valence-electron chi connectivity index (χ0n) is 58.4. The summed E-state index contributed by atoms with van der Waals surface area (Å²) in [5.41, 5.74) is 1.33. The highest BCUT2D eigenvalue weighted by Crippen LogP contribution is 2.27. The van der Waals surface area contributed by atoms with Crippen LogP contribution in [-0.2, 0) is 35.3 Å². The van der Waals surface area contributed by atoms with Crippen LogP contribution in [0.5, 0.6) is 0 Å². The van der Waals surface area contributed by atoms with E-state index in [9.17, 15) is 24.0 Å². The summed E-state index contributed by atoms with van der Waals surface area (Å²) in [5.74, 6) is 7.61. The standard InChI is InChI=1S/C14H19NO.C11H24N2.C10H17NO.C8H15NO2.C7H15NO.2C7H13NO.C4H11N.3H2O/c1-11-8-15(10-14(11)12(2)16)9-13-6-4-3-5-7-13;1-5-13(6-2)9-11-8-12(4)7-10(11)3;1-4-5-11-6-8(2)10(7-11)9(3)12;1-6-4-9(2)5-7(6)8(10)11-3;2*1-6-3-8(2)4-7(6)5-9;1-5-3-8-4-7(5)6(2)9;1-3-5-4-2;;;/h3-7,11,14H,8-10H2,1-2H3;10-11H,5-9H2,1-4H3;4,8,10H,1,5-7H2,2-3H3;6-7H,4-5H2,1-3H3;6-7,9H,3-5H2,1-2H3;5-7H,3-4H2,1-2H3;5,7-8H,3-4H2,1-2H3;5H,3-4H2,1-2H3;3*1H2. The predicted octanol–water partition coefficient (Wildman–Crippen LogP) is 4.69. The molecule has 1 aromatic carbocycles. The fourth-order valence-electron chi connectivity index (χ4n) is 13.1. The minimum Gasteiger partial charge on any atom is -0.469 e. The summed E-state index contributed by atoms with van der Waals surface area (Å²) in [6, 6.07) is 10.5. The van der Waals surface area contributed by atoms with Gasteiger partial charge in [-0.2, -0.15) is 0 Å². The van der Waals surface area contributed by atoms with Gasteiger partial charge in [0.15, 0.2) is 0 Å². The molecule has 0 bridgehead atoms. The van der Waals surface area contributed by atoms with Crippen LogP contribution in [0.15, 0.2) is 43.0 Å². The Bertz CT molecular complexity index is 1970. The van der Waals surface area contributed by atoms with Gasteiger partial charge in [-0.15, -0.1) is 6.58 Å². The smallest absolute Gasteiger partial charge is 0.310 e. The van der Waals surface area contributed by atoms with Gasteiger partial charge < -0.3 is 66.2 Å². The molecule has 9 N–H and O–H groups in total. The highest BCUT2D eigenvalue weighted by Gasteiger charge is 2.35. The van der Waals surface area contributed by atoms with Crippen molar-refractivity contribution < 1.29 is 50.2 Å². The lowest BCUT2D eigenvalue weighted by Gasteiger charge is -2.24. The number of aliphatic hydroxyl groups is 1. The first-order valence-electron chi connectivity index (χ1n) is 32.4. The number of nitrogens with one attached hydrogen (secondary N) is 2. The first-order chi connectivity index (χ1) is 39.7. The first-order valence-corrected chi connectivity index (χ1v) is 32.4. The fourth-order valence-corrected chi connectivity index (χ4v) is 13.1. The Kier molecular flexibility index (Phi) is 48.8. The molecule has 0 aliphatic carbocycles. The number of hydrogen-bond donors (Lipinski definition) is 3. The van der Waals surface area contributed by atoms with Gasteiger partial charge in [0.2, 0.25) is 0 Å². The van der Waals surface area contributed by atoms with Crippen molar-refractivity contribution >= 4 is 29.6 Å². The van der Waals surface area contributed by atoms with Crippen LogP contribution in [-0.4, -0.2) is 258 Å². The molecule has 87 heavy (non-hydrogen) atoms. The predicted molar refractivity (Wildman–Crippen MR) is 360 cm³/mol. The lowest BCUT2D eigenvalue weighted by molar-refractivity contribution is -0.146. The Morgan fingerprint density at radius 2 is 1.03 bits per heavy atom. The van der Waals surface area contributed by atoms with E-state index in [2.05, 4.69) is 178 Å². The average molecular weight is 1240 g/mol. The number of carbonyl (C=O) groups excluding carboxylic acids is 5. The minimum atomic E-state index is -0.0677. The molecule has 7 aliphatic rings. The van der Waals surface area contributed by atoms with E-state index in [1.807, 2.05) is 19.2 Å². The number of benzene rings is 1. The third kappa shape index (κ3) is 34.0. The maximum atomic E-state index is 11.4. The summed E-state index contributed by atoms with van der Waals surface area (Å²) in [4.78, 5) is 71.1. The van der Waals surface area contributed by atoms with E-state index in [0.29, 0.717) is 65.4 Å². The maximum absolute atomic E-state index is 11.4. The third-order valence-corrected chi connectivity index (χ3v) is 18.4. The van der Waals surface area contributed by atoms with Crippen molar-refractivity contribution in [3.63, 3.8) is 0 Å². The number of likely N-dealkylation sites (tertiary alicyclic amines) is 6. The molecule has 7 saturated heterocycles. The number of nitrogens with zero attached hydrogens (tertiary/aromatic N) is 7. The van der Waals surface area contributed by atoms with Crippen molar-refractivity contribution in [3.05, 3.63) is 48.6 Å². The number of ketones is 3. The normalized spacial score (nSPS) is 29.4. The number of aliphatic hydroxyl groups excluding tert-OH is 1. The summed E-state index contributed by atoms with van der Waals surface area (Å²) in [7, 11) is 9.87. The van der Waals surface area contributed by atoms with Gasteiger partial charge in [-0.25, -0.2) is 0 Å². The van der Waals surface area contributed by atoms with Gasteiger partial charge in [0.25, 0.3) is 0 Å². The second kappa shape index (κ2) is 48.4. The molecule has 19 heteroatoms. The molecule has 14 atom stereocenters. The molecular formula is C68H133N9O10. The van der Waals surface area contributed by atoms with Crippen LogP contribution in [0.3, 0.4) is 0 Å². The Hall–Kier alpha value is -3.41. The van der Waals surface area contributed by atoms with Gasteiger partial charge in [-0.1, -0.05) is 113 Å². The van der Waals surface area contributed by atoms with E-state index in [1.54, 1.807) is 20.8 Å². The Balaban J connectivity index is -0.000000936. The third-order valence-electron chi connectivity index (χ3n) is 18.4. The van der Waals surface area contributed by atoms with Crippen LogP contribution in [0.4, 0.5) is 0 Å². The van der Waals surface area contributed by atoms with Crippen LogP contribution in [0, 0.1) is 82.9 Å². The Labute approximate surface area is 530 Å². The van der Waals surface area contributed by atoms with E-state index in [-0.39, 0.29) is 52.0 Å². The molecule has 1 aromatic rings. The molecule has 7 fully saturated rings. The van der Waals surface area contributed by atoms with Crippen molar-refractivity contribution in [2.45, 2.75) is 103 Å². The number of ether oxygens (including phenoxy) is 1. The van der Waals surface area contributed by atoms with Crippen LogP contribution in [0.2, 0.25) is 0 Å². The van der Waals surface area contributed by atoms with Gasteiger partial charge in [-0.3, -0.25) is 29.0 Å². The zero-order chi connectivity index (χ0) is 63.6. The summed E-state index contributed by atoms with van der Waals surface area (Å²) in [6.07, 6.45) is 2.98. The van der Waals surface area contributed by atoms with E-state index >= 15 is 0 Å². The molecule has 510 valence electrons. The van der Waals surface area contributed by atoms with E-state index < -0.39 is 0 Å². The Morgan fingerprint density at radius 3 is 1.34 bits per heavy atom. The molecule has 0 amide bonds. The van der Waals surface area contributed by atoms with Gasteiger partial charge >= 0.3 is 5.97 Å². The molecular weight excluding hydrogens is 1100 g/mol. The van der Waals surface area contributed by atoms with Gasteiger partial charge in [0.1, 0.15) is 23.6 Å². The highest BCUT2D eigenvalue weighted by molar-refractivity contribution is 5.80. The van der Waals surface area contributed by atoms with Crippen molar-refractivity contribution in [2.75, 3.05) is 173 Å². The summed E-state index contributed by atoms with van der Waals surface area (Å²) < 4.78 is 4.69. The number of hydrogen-bond acceptors (Lipinski definition) is 16. The second-order valence-corrected chi connectivity index (χ2v) is 26.3. The zero-order valence-corrected chi connectivity index (χ0v) is 58.4. The lowest BCUT2D eigenvalue weighted by Crippen LogP contribution is -2.32. The van der Waals surface area contributed by atoms with Crippen molar-refractivity contribution in [2.24, 2.45) is 82.9 Å². The lowest BCUT2D eigenvalue weighted by atomic mass is 9.95. The van der Waals surface area contributed by atoms with Crippen molar-refractivity contribution in [1.82, 2.24) is 44.9 Å². The first kappa shape index (κ1) is 87.8. The van der Waals surface area contributed by atoms with Crippen LogP contribution in [0.1, 0.15) is 102 Å². The van der Waals surface area contributed by atoms with Crippen LogP contribution in [0.25, 0.3) is 0 Å². The summed E-state index contributed by atoms with van der Waals surface area (Å²) >= 11 is 0. The fraction of sp³-hybridized carbons (Fsp3) is 0.809. The molecule has 0 radical (unpaired) electrons. The molecule has 7 heterocycles. The van der Waals surface area contributed by atoms with Gasteiger partial charge in [0.05, 0.1) is 13.0 Å². The molecule has 0 saturated carbocycles. The molecule has 7 aliphatic heterocycles. The maximum Gasteiger partial charge on any atom is 0.310 e. The van der Waals surface area contributed by atoms with Crippen LogP contribution >= 0.6 is 0 Å². The van der Waals surface area contributed by atoms with E-state index in [1.165, 1.54) is 45.4 Å². The largest absolute Gasteiger partial charge is 0.469 e. The highest BCUT2D eigenvalue weighted by atomic mass is 16.5. The molecule has 0 spiro atoms. The number of carbonyl (C=O) groups is 5. The molecule has 8 rings (SSSR count). The van der Waals surface area contributed by atoms with Gasteiger partial charge in [-0.05, 0) is 141 Å². The molecule has 19 nitrogen and oxygen atoms in total. The minimum absolute atomic E-state index is 0. The Morgan fingerprint density at radius 1 is 0.586 bits per heavy atom. The number of esters is 1. The van der Waals surface area contributed by atoms with E-state index in [0.717, 1.165) is 123 Å². The van der Waals surface area contributed by atoms with Gasteiger partial charge in [0, 0.05) is 135 Å². The number of rotatable bonds is 16. The number of aldehydes is 1. The summed E-state index contributed by atoms with van der Waals surface area (Å²) in [6.45, 7) is 55.3. The van der Waals surface area contributed by atoms with Crippen molar-refractivity contribution in [1.29, 1.82) is 0 Å². The molecule has 0 aromatic heterocycles. The van der Waals surface area contributed by atoms with Crippen LogP contribution < -0.4 is 10.6 Å². The summed E-state index contributed by atoms with van der Waals surface area (Å²) in [5, 5.41) is 15.1. The van der Waals surface area contributed by atoms with E-state index in [4.69, 9.17) is 5.11 Å². The average Bonchev–Trinajstić information content (AvgIpc) is 4.53. The topological polar surface area (TPSA) is 256 Å². The SMILES string of the molecule is C=CCN1CC(C)C(C(C)=O)C1.CC(=O)C1CN(Cc2ccccc2)CC1C.CC(=O)C1CNCC1C.CC1CN(C)CC1C=O.CC1CN(C)CC1CO.CCN(CC)CC1CN(C)CC1C.CCNCC.COC(=O)C1CN(C)CC1C.O.O.O.